The van der Waals surface area contributed by atoms with E-state index in [9.17, 15) is 14.7 Å². The smallest absolute Gasteiger partial charge is 0.306 e. The van der Waals surface area contributed by atoms with Crippen LogP contribution in [0.25, 0.3) is 0 Å². The van der Waals surface area contributed by atoms with Crippen LogP contribution in [-0.2, 0) is 19.1 Å². The van der Waals surface area contributed by atoms with Crippen LogP contribution in [0.1, 0.15) is 142 Å². The van der Waals surface area contributed by atoms with Gasteiger partial charge in [0, 0.05) is 12.8 Å². The molecule has 1 N–H and O–H groups in total. The van der Waals surface area contributed by atoms with Crippen LogP contribution in [0, 0.1) is 0 Å². The molecule has 190 valence electrons. The number of hydrogen-bond acceptors (Lipinski definition) is 5. The van der Waals surface area contributed by atoms with Gasteiger partial charge in [-0.3, -0.25) is 9.59 Å². The summed E-state index contributed by atoms with van der Waals surface area (Å²) >= 11 is 0. The van der Waals surface area contributed by atoms with E-state index in [-0.39, 0.29) is 25.2 Å². The summed E-state index contributed by atoms with van der Waals surface area (Å²) in [4.78, 5) is 23.8. The van der Waals surface area contributed by atoms with Crippen molar-refractivity contribution < 1.29 is 24.2 Å². The molecule has 0 aliphatic rings. The highest BCUT2D eigenvalue weighted by atomic mass is 16.6. The van der Waals surface area contributed by atoms with Gasteiger partial charge in [0.2, 0.25) is 0 Å². The van der Waals surface area contributed by atoms with Gasteiger partial charge in [-0.1, -0.05) is 117 Å². The fraction of sp³-hybridized carbons (Fsp3) is 0.926. The molecule has 0 saturated carbocycles. The SMILES string of the molecule is CCCCCCCCCCCCC(=O)OC[C@H](CO)OC(=O)CCCCCCCCCC. The molecular formula is C27H52O5. The maximum Gasteiger partial charge on any atom is 0.306 e. The van der Waals surface area contributed by atoms with Gasteiger partial charge in [-0.25, -0.2) is 0 Å². The quantitative estimate of drug-likeness (QED) is 0.122. The van der Waals surface area contributed by atoms with E-state index in [2.05, 4.69) is 13.8 Å². The minimum atomic E-state index is -0.756. The Balaban J connectivity index is 3.60. The molecule has 0 heterocycles. The zero-order valence-corrected chi connectivity index (χ0v) is 21.2. The fourth-order valence-electron chi connectivity index (χ4n) is 3.79. The minimum Gasteiger partial charge on any atom is -0.462 e. The number of ether oxygens (including phenoxy) is 2. The molecule has 0 spiro atoms. The van der Waals surface area contributed by atoms with E-state index in [0.717, 1.165) is 38.5 Å². The van der Waals surface area contributed by atoms with Crippen LogP contribution in [0.5, 0.6) is 0 Å². The number of rotatable bonds is 24. The molecule has 0 radical (unpaired) electrons. The van der Waals surface area contributed by atoms with Crippen LogP contribution < -0.4 is 0 Å². The Kier molecular flexibility index (Phi) is 23.7. The third-order valence-corrected chi connectivity index (χ3v) is 5.90. The zero-order chi connectivity index (χ0) is 23.7. The summed E-state index contributed by atoms with van der Waals surface area (Å²) in [5, 5.41) is 9.40. The molecule has 0 rings (SSSR count). The molecule has 0 saturated heterocycles. The van der Waals surface area contributed by atoms with Gasteiger partial charge >= 0.3 is 11.9 Å². The van der Waals surface area contributed by atoms with Gasteiger partial charge in [-0.15, -0.1) is 0 Å². The lowest BCUT2D eigenvalue weighted by Gasteiger charge is -2.15. The minimum absolute atomic E-state index is 0.0593. The topological polar surface area (TPSA) is 72.8 Å². The fourth-order valence-corrected chi connectivity index (χ4v) is 3.79. The monoisotopic (exact) mass is 456 g/mol. The maximum absolute atomic E-state index is 11.9. The summed E-state index contributed by atoms with van der Waals surface area (Å²) in [6, 6.07) is 0. The normalized spacial score (nSPS) is 12.0. The molecule has 0 unspecified atom stereocenters. The summed E-state index contributed by atoms with van der Waals surface area (Å²) in [5.41, 5.74) is 0. The largest absolute Gasteiger partial charge is 0.462 e. The van der Waals surface area contributed by atoms with E-state index in [4.69, 9.17) is 9.47 Å². The van der Waals surface area contributed by atoms with Crippen LogP contribution in [0.15, 0.2) is 0 Å². The molecule has 0 amide bonds. The highest BCUT2D eigenvalue weighted by Crippen LogP contribution is 2.12. The van der Waals surface area contributed by atoms with Gasteiger partial charge in [-0.05, 0) is 12.8 Å². The lowest BCUT2D eigenvalue weighted by molar-refractivity contribution is -0.161. The summed E-state index contributed by atoms with van der Waals surface area (Å²) in [6.07, 6.45) is 21.6. The first-order chi connectivity index (χ1) is 15.6. The zero-order valence-electron chi connectivity index (χ0n) is 21.2. The number of hydrogen-bond donors (Lipinski definition) is 1. The first kappa shape index (κ1) is 30.9. The van der Waals surface area contributed by atoms with Gasteiger partial charge in [0.1, 0.15) is 6.61 Å². The predicted molar refractivity (Wildman–Crippen MR) is 132 cm³/mol. The van der Waals surface area contributed by atoms with Crippen molar-refractivity contribution in [1.29, 1.82) is 0 Å². The lowest BCUT2D eigenvalue weighted by atomic mass is 10.1. The van der Waals surface area contributed by atoms with Gasteiger partial charge < -0.3 is 14.6 Å². The third kappa shape index (κ3) is 22.1. The van der Waals surface area contributed by atoms with E-state index in [1.54, 1.807) is 0 Å². The number of esters is 2. The summed E-state index contributed by atoms with van der Waals surface area (Å²) in [7, 11) is 0. The van der Waals surface area contributed by atoms with Crippen LogP contribution in [0.3, 0.4) is 0 Å². The second-order valence-electron chi connectivity index (χ2n) is 9.13. The molecule has 0 aromatic heterocycles. The third-order valence-electron chi connectivity index (χ3n) is 5.90. The molecule has 0 bridgehead atoms. The maximum atomic E-state index is 11.9. The average Bonchev–Trinajstić information content (AvgIpc) is 2.79. The van der Waals surface area contributed by atoms with Crippen LogP contribution in [-0.4, -0.2) is 36.4 Å². The molecule has 5 nitrogen and oxygen atoms in total. The molecule has 0 aromatic rings. The van der Waals surface area contributed by atoms with Crippen molar-refractivity contribution in [3.8, 4) is 0 Å². The first-order valence-electron chi connectivity index (χ1n) is 13.6. The number of carbonyl (C=O) groups is 2. The molecule has 5 heteroatoms. The van der Waals surface area contributed by atoms with E-state index >= 15 is 0 Å². The number of carbonyl (C=O) groups excluding carboxylic acids is 2. The molecule has 0 aromatic carbocycles. The Bertz CT molecular complexity index is 424. The van der Waals surface area contributed by atoms with Gasteiger partial charge in [0.15, 0.2) is 6.10 Å². The van der Waals surface area contributed by atoms with Crippen molar-refractivity contribution in [2.45, 2.75) is 148 Å². The van der Waals surface area contributed by atoms with E-state index in [1.807, 2.05) is 0 Å². The molecule has 0 aliphatic carbocycles. The van der Waals surface area contributed by atoms with E-state index in [0.29, 0.717) is 12.8 Å². The van der Waals surface area contributed by atoms with Crippen molar-refractivity contribution >= 4 is 11.9 Å². The predicted octanol–water partition coefficient (Wildman–Crippen LogP) is 7.28. The standard InChI is InChI=1S/C27H52O5/c1-3-5-7-9-11-13-14-16-17-19-21-26(29)31-24-25(23-28)32-27(30)22-20-18-15-12-10-8-6-4-2/h25,28H,3-24H2,1-2H3/t25-/m0/s1. The van der Waals surface area contributed by atoms with Crippen molar-refractivity contribution in [1.82, 2.24) is 0 Å². The van der Waals surface area contributed by atoms with Gasteiger partial charge in [-0.2, -0.15) is 0 Å². The van der Waals surface area contributed by atoms with Gasteiger partial charge in [0.05, 0.1) is 6.61 Å². The molecular weight excluding hydrogens is 404 g/mol. The average molecular weight is 457 g/mol. The van der Waals surface area contributed by atoms with Crippen molar-refractivity contribution in [2.75, 3.05) is 13.2 Å². The molecule has 32 heavy (non-hydrogen) atoms. The van der Waals surface area contributed by atoms with E-state index in [1.165, 1.54) is 77.0 Å². The summed E-state index contributed by atoms with van der Waals surface area (Å²) in [6.45, 7) is 4.07. The Hall–Kier alpha value is -1.10. The highest BCUT2D eigenvalue weighted by molar-refractivity contribution is 5.70. The first-order valence-corrected chi connectivity index (χ1v) is 13.6. The second-order valence-corrected chi connectivity index (χ2v) is 9.13. The highest BCUT2D eigenvalue weighted by Gasteiger charge is 2.16. The number of unbranched alkanes of at least 4 members (excludes halogenated alkanes) is 16. The Morgan fingerprint density at radius 1 is 0.594 bits per heavy atom. The van der Waals surface area contributed by atoms with Crippen molar-refractivity contribution in [3.05, 3.63) is 0 Å². The molecule has 1 atom stereocenters. The Labute approximate surface area is 198 Å². The lowest BCUT2D eigenvalue weighted by Crippen LogP contribution is -2.28. The Morgan fingerprint density at radius 3 is 1.38 bits per heavy atom. The number of aliphatic hydroxyl groups excluding tert-OH is 1. The second kappa shape index (κ2) is 24.5. The Morgan fingerprint density at radius 2 is 0.969 bits per heavy atom. The summed E-state index contributed by atoms with van der Waals surface area (Å²) < 4.78 is 10.4. The molecule has 0 aliphatic heterocycles. The van der Waals surface area contributed by atoms with E-state index < -0.39 is 6.10 Å². The van der Waals surface area contributed by atoms with Crippen molar-refractivity contribution in [2.24, 2.45) is 0 Å². The van der Waals surface area contributed by atoms with Gasteiger partial charge in [0.25, 0.3) is 0 Å². The van der Waals surface area contributed by atoms with Crippen LogP contribution in [0.2, 0.25) is 0 Å². The van der Waals surface area contributed by atoms with Crippen LogP contribution >= 0.6 is 0 Å². The summed E-state index contributed by atoms with van der Waals surface area (Å²) in [5.74, 6) is -0.595. The van der Waals surface area contributed by atoms with Crippen molar-refractivity contribution in [3.63, 3.8) is 0 Å². The number of aliphatic hydroxyl groups is 1. The molecule has 0 fully saturated rings. The van der Waals surface area contributed by atoms with Crippen LogP contribution in [0.4, 0.5) is 0 Å².